The smallest absolute Gasteiger partial charge is 0.0838 e. The molecule has 1 aromatic rings. The number of benzene rings is 1. The molecule has 1 aliphatic heterocycles. The fourth-order valence-electron chi connectivity index (χ4n) is 2.33. The number of halogens is 1. The highest BCUT2D eigenvalue weighted by molar-refractivity contribution is 6.18. The summed E-state index contributed by atoms with van der Waals surface area (Å²) < 4.78 is 5.68. The van der Waals surface area contributed by atoms with Gasteiger partial charge in [0.05, 0.1) is 12.7 Å². The number of rotatable bonds is 3. The van der Waals surface area contributed by atoms with E-state index in [1.807, 2.05) is 0 Å². The van der Waals surface area contributed by atoms with Crippen LogP contribution in [0.15, 0.2) is 18.2 Å². The molecular weight excluding hydrogens is 246 g/mol. The van der Waals surface area contributed by atoms with E-state index in [4.69, 9.17) is 16.3 Å². The largest absolute Gasteiger partial charge is 0.374 e. The average Bonchev–Trinajstić information content (AvgIpc) is 2.36. The van der Waals surface area contributed by atoms with E-state index < -0.39 is 0 Å². The van der Waals surface area contributed by atoms with E-state index in [0.717, 1.165) is 19.7 Å². The minimum atomic E-state index is 0.175. The molecular formula is C15H22ClNO. The first-order chi connectivity index (χ1) is 8.60. The Labute approximate surface area is 115 Å². The lowest BCUT2D eigenvalue weighted by Gasteiger charge is -2.37. The first-order valence-electron chi connectivity index (χ1n) is 6.58. The van der Waals surface area contributed by atoms with Crippen LogP contribution >= 0.6 is 11.6 Å². The maximum atomic E-state index is 5.89. The fraction of sp³-hybridized carbons (Fsp3) is 0.600. The van der Waals surface area contributed by atoms with Gasteiger partial charge in [-0.25, -0.2) is 0 Å². The minimum Gasteiger partial charge on any atom is -0.374 e. The molecule has 0 spiro atoms. The van der Waals surface area contributed by atoms with Crippen molar-refractivity contribution in [2.24, 2.45) is 0 Å². The first kappa shape index (κ1) is 13.9. The Hall–Kier alpha value is -0.570. The molecule has 0 radical (unpaired) electrons. The van der Waals surface area contributed by atoms with Crippen LogP contribution in [0.5, 0.6) is 0 Å². The van der Waals surface area contributed by atoms with Crippen molar-refractivity contribution in [1.82, 2.24) is 4.90 Å². The van der Waals surface area contributed by atoms with Crippen LogP contribution in [0.4, 0.5) is 0 Å². The average molecular weight is 268 g/mol. The van der Waals surface area contributed by atoms with Gasteiger partial charge in [0.2, 0.25) is 0 Å². The lowest BCUT2D eigenvalue weighted by Crippen LogP contribution is -2.48. The highest BCUT2D eigenvalue weighted by atomic mass is 35.5. The number of aryl methyl sites for hydroxylation is 2. The minimum absolute atomic E-state index is 0.175. The summed E-state index contributed by atoms with van der Waals surface area (Å²) in [5.74, 6) is 0.580. The standard InChI is InChI=1S/C15H22ClNO/c1-11-4-5-14(6-12(11)2)8-17-9-15(7-16)18-10-13(17)3/h4-6,13,15H,7-10H2,1-3H3. The van der Waals surface area contributed by atoms with E-state index in [1.54, 1.807) is 0 Å². The maximum Gasteiger partial charge on any atom is 0.0838 e. The third-order valence-electron chi connectivity index (χ3n) is 3.76. The van der Waals surface area contributed by atoms with E-state index in [-0.39, 0.29) is 6.10 Å². The molecule has 0 N–H and O–H groups in total. The van der Waals surface area contributed by atoms with Crippen molar-refractivity contribution in [1.29, 1.82) is 0 Å². The van der Waals surface area contributed by atoms with Crippen LogP contribution in [-0.2, 0) is 11.3 Å². The monoisotopic (exact) mass is 267 g/mol. The summed E-state index contributed by atoms with van der Waals surface area (Å²) in [7, 11) is 0. The molecule has 100 valence electrons. The molecule has 1 fully saturated rings. The van der Waals surface area contributed by atoms with Crippen molar-refractivity contribution in [3.63, 3.8) is 0 Å². The van der Waals surface area contributed by atoms with Crippen LogP contribution < -0.4 is 0 Å². The summed E-state index contributed by atoms with van der Waals surface area (Å²) >= 11 is 5.89. The van der Waals surface area contributed by atoms with Gasteiger partial charge in [-0.3, -0.25) is 4.90 Å². The van der Waals surface area contributed by atoms with Crippen LogP contribution in [-0.4, -0.2) is 36.1 Å². The first-order valence-corrected chi connectivity index (χ1v) is 7.11. The molecule has 2 nitrogen and oxygen atoms in total. The van der Waals surface area contributed by atoms with Crippen LogP contribution in [0.1, 0.15) is 23.6 Å². The van der Waals surface area contributed by atoms with Gasteiger partial charge in [0.25, 0.3) is 0 Å². The zero-order valence-corrected chi connectivity index (χ0v) is 12.2. The fourth-order valence-corrected chi connectivity index (χ4v) is 2.51. The molecule has 1 saturated heterocycles. The molecule has 2 rings (SSSR count). The number of ether oxygens (including phenoxy) is 1. The zero-order valence-electron chi connectivity index (χ0n) is 11.4. The molecule has 1 heterocycles. The Morgan fingerprint density at radius 1 is 1.33 bits per heavy atom. The van der Waals surface area contributed by atoms with Crippen LogP contribution in [0.3, 0.4) is 0 Å². The zero-order chi connectivity index (χ0) is 13.1. The molecule has 0 bridgehead atoms. The molecule has 1 aromatic carbocycles. The number of hydrogen-bond donors (Lipinski definition) is 0. The highest BCUT2D eigenvalue weighted by Gasteiger charge is 2.25. The number of morpholine rings is 1. The second kappa shape index (κ2) is 6.05. The summed E-state index contributed by atoms with van der Waals surface area (Å²) in [5, 5.41) is 0. The predicted octanol–water partition coefficient (Wildman–Crippen LogP) is 3.13. The van der Waals surface area contributed by atoms with Gasteiger partial charge in [-0.1, -0.05) is 18.2 Å². The van der Waals surface area contributed by atoms with Gasteiger partial charge in [-0.05, 0) is 37.5 Å². The van der Waals surface area contributed by atoms with Crippen LogP contribution in [0.25, 0.3) is 0 Å². The lowest BCUT2D eigenvalue weighted by molar-refractivity contribution is -0.0510. The quantitative estimate of drug-likeness (QED) is 0.781. The Balaban J connectivity index is 2.04. The summed E-state index contributed by atoms with van der Waals surface area (Å²) in [4.78, 5) is 2.46. The van der Waals surface area contributed by atoms with Crippen molar-refractivity contribution >= 4 is 11.6 Å². The predicted molar refractivity (Wildman–Crippen MR) is 76.2 cm³/mol. The van der Waals surface area contributed by atoms with Gasteiger partial charge in [0.1, 0.15) is 0 Å². The van der Waals surface area contributed by atoms with E-state index in [9.17, 15) is 0 Å². The van der Waals surface area contributed by atoms with E-state index in [1.165, 1.54) is 16.7 Å². The van der Waals surface area contributed by atoms with Crippen LogP contribution in [0.2, 0.25) is 0 Å². The Morgan fingerprint density at radius 3 is 2.78 bits per heavy atom. The Kier molecular flexibility index (Phi) is 4.66. The third kappa shape index (κ3) is 3.25. The Bertz CT molecular complexity index is 407. The van der Waals surface area contributed by atoms with Gasteiger partial charge < -0.3 is 4.74 Å². The van der Waals surface area contributed by atoms with Gasteiger partial charge in [-0.15, -0.1) is 11.6 Å². The van der Waals surface area contributed by atoms with Gasteiger partial charge in [0, 0.05) is 25.0 Å². The molecule has 2 unspecified atom stereocenters. The van der Waals surface area contributed by atoms with E-state index in [2.05, 4.69) is 43.9 Å². The summed E-state index contributed by atoms with van der Waals surface area (Å²) in [5.41, 5.74) is 4.09. The summed E-state index contributed by atoms with van der Waals surface area (Å²) in [6.45, 7) is 9.23. The summed E-state index contributed by atoms with van der Waals surface area (Å²) in [6, 6.07) is 7.17. The lowest BCUT2D eigenvalue weighted by atomic mass is 10.1. The molecule has 3 heteroatoms. The van der Waals surface area contributed by atoms with Crippen molar-refractivity contribution in [3.05, 3.63) is 34.9 Å². The number of hydrogen-bond acceptors (Lipinski definition) is 2. The second-order valence-corrected chi connectivity index (χ2v) is 5.62. The second-order valence-electron chi connectivity index (χ2n) is 5.31. The molecule has 0 amide bonds. The van der Waals surface area contributed by atoms with Gasteiger partial charge >= 0.3 is 0 Å². The van der Waals surface area contributed by atoms with Crippen LogP contribution in [0, 0.1) is 13.8 Å². The molecule has 18 heavy (non-hydrogen) atoms. The molecule has 0 aliphatic carbocycles. The van der Waals surface area contributed by atoms with Crippen molar-refractivity contribution in [2.75, 3.05) is 19.0 Å². The molecule has 0 aromatic heterocycles. The van der Waals surface area contributed by atoms with E-state index in [0.29, 0.717) is 11.9 Å². The number of nitrogens with zero attached hydrogens (tertiary/aromatic N) is 1. The third-order valence-corrected chi connectivity index (χ3v) is 4.11. The summed E-state index contributed by atoms with van der Waals surface area (Å²) in [6.07, 6.45) is 0.175. The van der Waals surface area contributed by atoms with Crippen molar-refractivity contribution in [3.8, 4) is 0 Å². The van der Waals surface area contributed by atoms with Crippen molar-refractivity contribution < 1.29 is 4.74 Å². The van der Waals surface area contributed by atoms with E-state index >= 15 is 0 Å². The molecule has 2 atom stereocenters. The molecule has 0 saturated carbocycles. The molecule has 1 aliphatic rings. The van der Waals surface area contributed by atoms with Crippen molar-refractivity contribution in [2.45, 2.75) is 39.5 Å². The highest BCUT2D eigenvalue weighted by Crippen LogP contribution is 2.18. The van der Waals surface area contributed by atoms with Gasteiger partial charge in [0.15, 0.2) is 0 Å². The van der Waals surface area contributed by atoms with Gasteiger partial charge in [-0.2, -0.15) is 0 Å². The number of alkyl halides is 1. The Morgan fingerprint density at radius 2 is 2.11 bits per heavy atom. The SMILES string of the molecule is Cc1ccc(CN2CC(CCl)OCC2C)cc1C. The topological polar surface area (TPSA) is 12.5 Å². The maximum absolute atomic E-state index is 5.89. The normalized spacial score (nSPS) is 25.3.